The van der Waals surface area contributed by atoms with E-state index in [0.717, 1.165) is 5.56 Å². The largest absolute Gasteiger partial charge is 0.497 e. The maximum Gasteiger partial charge on any atom is 0.293 e. The van der Waals surface area contributed by atoms with Gasteiger partial charge in [0.15, 0.2) is 5.76 Å². The van der Waals surface area contributed by atoms with Crippen LogP contribution in [0.2, 0.25) is 0 Å². The van der Waals surface area contributed by atoms with Crippen LogP contribution < -0.4 is 4.74 Å². The van der Waals surface area contributed by atoms with E-state index in [-0.39, 0.29) is 16.7 Å². The summed E-state index contributed by atoms with van der Waals surface area (Å²) in [5.41, 5.74) is 0.735. The maximum absolute atomic E-state index is 12.6. The molecule has 1 aliphatic heterocycles. The van der Waals surface area contributed by atoms with Crippen LogP contribution in [0.5, 0.6) is 5.75 Å². The van der Waals surface area contributed by atoms with E-state index < -0.39 is 10.0 Å². The van der Waals surface area contributed by atoms with E-state index in [1.54, 1.807) is 31.4 Å². The number of rotatable bonds is 5. The predicted octanol–water partition coefficient (Wildman–Crippen LogP) is 2.03. The lowest BCUT2D eigenvalue weighted by atomic mass is 10.2. The summed E-state index contributed by atoms with van der Waals surface area (Å²) in [5, 5.41) is 3.75. The molecule has 142 valence electrons. The summed E-state index contributed by atoms with van der Waals surface area (Å²) in [6, 6.07) is 10.0. The van der Waals surface area contributed by atoms with E-state index in [2.05, 4.69) is 10.1 Å². The Bertz CT molecular complexity index is 1020. The molecule has 27 heavy (non-hydrogen) atoms. The number of furan rings is 1. The van der Waals surface area contributed by atoms with Crippen molar-refractivity contribution >= 4 is 10.0 Å². The molecule has 0 atom stereocenters. The van der Waals surface area contributed by atoms with E-state index in [1.807, 2.05) is 0 Å². The number of methoxy groups -OCH3 is 1. The number of hydrogen-bond donors (Lipinski definition) is 0. The van der Waals surface area contributed by atoms with Gasteiger partial charge in [-0.05, 0) is 36.4 Å². The number of sulfonamides is 1. The van der Waals surface area contributed by atoms with E-state index in [9.17, 15) is 8.42 Å². The molecule has 0 radical (unpaired) electrons. The van der Waals surface area contributed by atoms with Gasteiger partial charge in [0.1, 0.15) is 5.75 Å². The van der Waals surface area contributed by atoms with Gasteiger partial charge in [0.2, 0.25) is 10.9 Å². The molecular formula is C17H17N3O6S. The Balaban J connectivity index is 1.57. The first-order valence-corrected chi connectivity index (χ1v) is 9.68. The topological polar surface area (TPSA) is 108 Å². The highest BCUT2D eigenvalue weighted by Crippen LogP contribution is 2.28. The number of aromatic nitrogens is 2. The zero-order chi connectivity index (χ0) is 18.9. The zero-order valence-corrected chi connectivity index (χ0v) is 15.3. The predicted molar refractivity (Wildman–Crippen MR) is 93.6 cm³/mol. The lowest BCUT2D eigenvalue weighted by molar-refractivity contribution is 0.0724. The van der Waals surface area contributed by atoms with E-state index in [1.165, 1.54) is 16.4 Å². The molecule has 0 aliphatic carbocycles. The minimum absolute atomic E-state index is 0.101. The summed E-state index contributed by atoms with van der Waals surface area (Å²) in [6.07, 6.45) is 0. The number of nitrogens with zero attached hydrogens (tertiary/aromatic N) is 3. The SMILES string of the molecule is COc1ccc(-c2noc(-c3ccc(S(=O)(=O)N4CCOCC4)o3)n2)cc1. The van der Waals surface area contributed by atoms with Crippen molar-refractivity contribution in [3.05, 3.63) is 36.4 Å². The second kappa shape index (κ2) is 7.14. The highest BCUT2D eigenvalue weighted by molar-refractivity contribution is 7.89. The molecule has 1 saturated heterocycles. The third-order valence-electron chi connectivity index (χ3n) is 4.13. The molecule has 0 spiro atoms. The average molecular weight is 391 g/mol. The first-order chi connectivity index (χ1) is 13.1. The molecule has 1 aromatic carbocycles. The Hall–Kier alpha value is -2.69. The van der Waals surface area contributed by atoms with Crippen molar-refractivity contribution in [1.29, 1.82) is 0 Å². The third kappa shape index (κ3) is 3.46. The molecule has 0 unspecified atom stereocenters. The van der Waals surface area contributed by atoms with Crippen LogP contribution in [-0.2, 0) is 14.8 Å². The fourth-order valence-corrected chi connectivity index (χ4v) is 3.99. The Morgan fingerprint density at radius 2 is 1.81 bits per heavy atom. The van der Waals surface area contributed by atoms with Gasteiger partial charge in [-0.3, -0.25) is 0 Å². The van der Waals surface area contributed by atoms with Gasteiger partial charge in [0.25, 0.3) is 15.9 Å². The summed E-state index contributed by atoms with van der Waals surface area (Å²) in [6.45, 7) is 1.31. The summed E-state index contributed by atoms with van der Waals surface area (Å²) in [5.74, 6) is 1.37. The summed E-state index contributed by atoms with van der Waals surface area (Å²) in [4.78, 5) is 4.27. The van der Waals surface area contributed by atoms with Gasteiger partial charge in [-0.25, -0.2) is 8.42 Å². The first-order valence-electron chi connectivity index (χ1n) is 8.24. The molecule has 1 aliphatic rings. The lowest BCUT2D eigenvalue weighted by Crippen LogP contribution is -2.40. The van der Waals surface area contributed by atoms with Crippen LogP contribution in [-0.4, -0.2) is 56.3 Å². The Morgan fingerprint density at radius 3 is 2.52 bits per heavy atom. The number of hydrogen-bond acceptors (Lipinski definition) is 8. The third-order valence-corrected chi connectivity index (χ3v) is 5.90. The lowest BCUT2D eigenvalue weighted by Gasteiger charge is -2.24. The molecule has 10 heteroatoms. The van der Waals surface area contributed by atoms with Gasteiger partial charge in [-0.15, -0.1) is 0 Å². The Labute approximate surface area is 155 Å². The molecule has 0 N–H and O–H groups in total. The second-order valence-corrected chi connectivity index (χ2v) is 7.66. The van der Waals surface area contributed by atoms with Gasteiger partial charge in [0, 0.05) is 18.7 Å². The molecule has 3 heterocycles. The van der Waals surface area contributed by atoms with Crippen molar-refractivity contribution < 1.29 is 26.8 Å². The molecule has 9 nitrogen and oxygen atoms in total. The van der Waals surface area contributed by atoms with E-state index >= 15 is 0 Å². The van der Waals surface area contributed by atoms with Gasteiger partial charge in [0.05, 0.1) is 20.3 Å². The quantitative estimate of drug-likeness (QED) is 0.650. The van der Waals surface area contributed by atoms with E-state index in [4.69, 9.17) is 18.4 Å². The molecule has 1 fully saturated rings. The van der Waals surface area contributed by atoms with Crippen molar-refractivity contribution in [1.82, 2.24) is 14.4 Å². The minimum atomic E-state index is -3.72. The second-order valence-electron chi connectivity index (χ2n) is 5.79. The highest BCUT2D eigenvalue weighted by Gasteiger charge is 2.30. The number of benzene rings is 1. The number of morpholine rings is 1. The van der Waals surface area contributed by atoms with Gasteiger partial charge < -0.3 is 18.4 Å². The van der Waals surface area contributed by atoms with Crippen LogP contribution in [0.3, 0.4) is 0 Å². The van der Waals surface area contributed by atoms with Crippen LogP contribution in [0, 0.1) is 0 Å². The molecule has 3 aromatic rings. The molecular weight excluding hydrogens is 374 g/mol. The molecule has 0 amide bonds. The maximum atomic E-state index is 12.6. The van der Waals surface area contributed by atoms with Crippen molar-refractivity contribution in [2.75, 3.05) is 33.4 Å². The van der Waals surface area contributed by atoms with Gasteiger partial charge in [-0.2, -0.15) is 9.29 Å². The average Bonchev–Trinajstić information content (AvgIpc) is 3.38. The fraction of sp³-hybridized carbons (Fsp3) is 0.294. The van der Waals surface area contributed by atoms with Crippen LogP contribution in [0.4, 0.5) is 0 Å². The Kier molecular flexibility index (Phi) is 4.68. The first kappa shape index (κ1) is 17.7. The minimum Gasteiger partial charge on any atom is -0.497 e. The van der Waals surface area contributed by atoms with Crippen molar-refractivity contribution in [3.8, 4) is 28.8 Å². The van der Waals surface area contributed by atoms with E-state index in [0.29, 0.717) is 37.9 Å². The monoisotopic (exact) mass is 391 g/mol. The van der Waals surface area contributed by atoms with Gasteiger partial charge >= 0.3 is 0 Å². The van der Waals surface area contributed by atoms with Crippen LogP contribution in [0.15, 0.2) is 50.4 Å². The normalized spacial score (nSPS) is 15.7. The summed E-state index contributed by atoms with van der Waals surface area (Å²) < 4.78 is 47.6. The van der Waals surface area contributed by atoms with Crippen molar-refractivity contribution in [2.24, 2.45) is 0 Å². The summed E-state index contributed by atoms with van der Waals surface area (Å²) >= 11 is 0. The number of ether oxygens (including phenoxy) is 2. The molecule has 4 rings (SSSR count). The molecule has 2 aromatic heterocycles. The van der Waals surface area contributed by atoms with Crippen molar-refractivity contribution in [2.45, 2.75) is 5.09 Å². The van der Waals surface area contributed by atoms with Gasteiger partial charge in [-0.1, -0.05) is 5.16 Å². The van der Waals surface area contributed by atoms with Crippen molar-refractivity contribution in [3.63, 3.8) is 0 Å². The Morgan fingerprint density at radius 1 is 1.07 bits per heavy atom. The summed E-state index contributed by atoms with van der Waals surface area (Å²) in [7, 11) is -2.14. The molecule has 0 saturated carbocycles. The fourth-order valence-electron chi connectivity index (χ4n) is 2.67. The molecule has 0 bridgehead atoms. The smallest absolute Gasteiger partial charge is 0.293 e. The highest BCUT2D eigenvalue weighted by atomic mass is 32.2. The van der Waals surface area contributed by atoms with Crippen LogP contribution in [0.25, 0.3) is 23.0 Å². The standard InChI is InChI=1S/C17H17N3O6S/c1-23-13-4-2-12(3-5-13)16-18-17(26-19-16)14-6-7-15(25-14)27(21,22)20-8-10-24-11-9-20/h2-7H,8-11H2,1H3. The van der Waals surface area contributed by atoms with Crippen LogP contribution >= 0.6 is 0 Å². The van der Waals surface area contributed by atoms with Crippen LogP contribution in [0.1, 0.15) is 0 Å². The zero-order valence-electron chi connectivity index (χ0n) is 14.5.